The van der Waals surface area contributed by atoms with E-state index < -0.39 is 17.4 Å². The first-order chi connectivity index (χ1) is 9.33. The molecule has 1 aromatic rings. The highest BCUT2D eigenvalue weighted by molar-refractivity contribution is 5.97. The molecule has 4 nitrogen and oxygen atoms in total. The van der Waals surface area contributed by atoms with Gasteiger partial charge in [0.25, 0.3) is 5.91 Å². The Morgan fingerprint density at radius 2 is 2.05 bits per heavy atom. The van der Waals surface area contributed by atoms with Crippen LogP contribution in [0.1, 0.15) is 42.6 Å². The number of aryl methyl sites for hydroxylation is 1. The number of carbonyl (C=O) groups is 2. The van der Waals surface area contributed by atoms with Crippen molar-refractivity contribution >= 4 is 11.9 Å². The second-order valence-electron chi connectivity index (χ2n) is 6.20. The summed E-state index contributed by atoms with van der Waals surface area (Å²) < 4.78 is 0. The normalized spacial score (nSPS) is 21.6. The number of benzene rings is 1. The second kappa shape index (κ2) is 5.27. The molecule has 2 rings (SSSR count). The Morgan fingerprint density at radius 3 is 2.65 bits per heavy atom. The quantitative estimate of drug-likeness (QED) is 0.902. The number of carbonyl (C=O) groups excluding carboxylic acids is 1. The third-order valence-corrected chi connectivity index (χ3v) is 4.03. The van der Waals surface area contributed by atoms with E-state index in [-0.39, 0.29) is 5.91 Å². The Hall–Kier alpha value is -1.84. The zero-order valence-electron chi connectivity index (χ0n) is 12.2. The standard InChI is InChI=1S/C16H21NO3/c1-11-6-4-7-12(10-11)14(18)17-9-5-8-16(2,3)13(17)15(19)20/h4,6-7,10,13H,5,8-9H2,1-3H3,(H,19,20). The Kier molecular flexibility index (Phi) is 3.84. The Morgan fingerprint density at radius 1 is 1.35 bits per heavy atom. The van der Waals surface area contributed by atoms with Crippen molar-refractivity contribution in [2.45, 2.75) is 39.7 Å². The molecule has 1 fully saturated rings. The summed E-state index contributed by atoms with van der Waals surface area (Å²) in [6.07, 6.45) is 1.66. The number of rotatable bonds is 2. The van der Waals surface area contributed by atoms with E-state index in [0.29, 0.717) is 12.1 Å². The zero-order chi connectivity index (χ0) is 14.9. The van der Waals surface area contributed by atoms with Crippen LogP contribution in [0.15, 0.2) is 24.3 Å². The molecule has 1 atom stereocenters. The summed E-state index contributed by atoms with van der Waals surface area (Å²) in [7, 11) is 0. The van der Waals surface area contributed by atoms with Crippen LogP contribution in [0.5, 0.6) is 0 Å². The molecule has 1 N–H and O–H groups in total. The molecule has 4 heteroatoms. The van der Waals surface area contributed by atoms with Crippen LogP contribution in [0.4, 0.5) is 0 Å². The van der Waals surface area contributed by atoms with E-state index in [2.05, 4.69) is 0 Å². The summed E-state index contributed by atoms with van der Waals surface area (Å²) in [5, 5.41) is 9.50. The number of hydrogen-bond donors (Lipinski definition) is 1. The molecule has 0 bridgehead atoms. The van der Waals surface area contributed by atoms with E-state index in [9.17, 15) is 14.7 Å². The first kappa shape index (κ1) is 14.6. The molecule has 0 radical (unpaired) electrons. The Balaban J connectivity index is 2.34. The largest absolute Gasteiger partial charge is 0.480 e. The smallest absolute Gasteiger partial charge is 0.326 e. The van der Waals surface area contributed by atoms with Crippen molar-refractivity contribution in [3.8, 4) is 0 Å². The number of carboxylic acids is 1. The van der Waals surface area contributed by atoms with Gasteiger partial charge in [-0.25, -0.2) is 4.79 Å². The first-order valence-corrected chi connectivity index (χ1v) is 6.93. The number of likely N-dealkylation sites (tertiary alicyclic amines) is 1. The van der Waals surface area contributed by atoms with Gasteiger partial charge in [-0.05, 0) is 37.3 Å². The lowest BCUT2D eigenvalue weighted by atomic mass is 9.76. The summed E-state index contributed by atoms with van der Waals surface area (Å²) in [5.41, 5.74) is 1.16. The van der Waals surface area contributed by atoms with Gasteiger partial charge in [0.05, 0.1) is 0 Å². The van der Waals surface area contributed by atoms with Crippen molar-refractivity contribution in [1.82, 2.24) is 4.90 Å². The predicted octanol–water partition coefficient (Wildman–Crippen LogP) is 2.71. The van der Waals surface area contributed by atoms with Crippen LogP contribution < -0.4 is 0 Å². The molecular formula is C16H21NO3. The highest BCUT2D eigenvalue weighted by atomic mass is 16.4. The topological polar surface area (TPSA) is 57.6 Å². The van der Waals surface area contributed by atoms with Crippen molar-refractivity contribution in [2.75, 3.05) is 6.54 Å². The highest BCUT2D eigenvalue weighted by Gasteiger charge is 2.44. The van der Waals surface area contributed by atoms with E-state index in [1.165, 1.54) is 4.90 Å². The number of amides is 1. The summed E-state index contributed by atoms with van der Waals surface area (Å²) in [6.45, 7) is 6.27. The average Bonchev–Trinajstić information content (AvgIpc) is 2.35. The minimum atomic E-state index is -0.921. The minimum Gasteiger partial charge on any atom is -0.480 e. The third kappa shape index (κ3) is 2.69. The molecule has 0 aromatic heterocycles. The molecule has 0 aliphatic carbocycles. The molecule has 1 saturated heterocycles. The number of nitrogens with zero attached hydrogens (tertiary/aromatic N) is 1. The maximum atomic E-state index is 12.6. The van der Waals surface area contributed by atoms with Crippen LogP contribution in [-0.4, -0.2) is 34.5 Å². The van der Waals surface area contributed by atoms with Crippen LogP contribution in [0.2, 0.25) is 0 Å². The van der Waals surface area contributed by atoms with Crippen LogP contribution in [0.3, 0.4) is 0 Å². The molecule has 1 aliphatic heterocycles. The van der Waals surface area contributed by atoms with Crippen molar-refractivity contribution in [3.63, 3.8) is 0 Å². The highest BCUT2D eigenvalue weighted by Crippen LogP contribution is 2.36. The van der Waals surface area contributed by atoms with Crippen LogP contribution in [0, 0.1) is 12.3 Å². The lowest BCUT2D eigenvalue weighted by Crippen LogP contribution is -2.56. The molecule has 1 aliphatic rings. The fourth-order valence-electron chi connectivity index (χ4n) is 3.02. The summed E-state index contributed by atoms with van der Waals surface area (Å²) in [6, 6.07) is 6.54. The molecule has 0 spiro atoms. The average molecular weight is 275 g/mol. The molecule has 108 valence electrons. The van der Waals surface area contributed by atoms with Gasteiger partial charge in [0.15, 0.2) is 0 Å². The predicted molar refractivity (Wildman–Crippen MR) is 76.7 cm³/mol. The SMILES string of the molecule is Cc1cccc(C(=O)N2CCCC(C)(C)C2C(=O)O)c1. The summed E-state index contributed by atoms with van der Waals surface area (Å²) >= 11 is 0. The number of aliphatic carboxylic acids is 1. The van der Waals surface area contributed by atoms with Gasteiger partial charge in [-0.15, -0.1) is 0 Å². The Bertz CT molecular complexity index is 536. The lowest BCUT2D eigenvalue weighted by molar-refractivity contribution is -0.148. The van der Waals surface area contributed by atoms with Crippen LogP contribution in [0.25, 0.3) is 0 Å². The first-order valence-electron chi connectivity index (χ1n) is 6.93. The fraction of sp³-hybridized carbons (Fsp3) is 0.500. The molecular weight excluding hydrogens is 254 g/mol. The van der Waals surface area contributed by atoms with Crippen molar-refractivity contribution in [3.05, 3.63) is 35.4 Å². The van der Waals surface area contributed by atoms with Gasteiger partial charge in [-0.2, -0.15) is 0 Å². The number of carboxylic acid groups (broad SMARTS) is 1. The maximum Gasteiger partial charge on any atom is 0.326 e. The third-order valence-electron chi connectivity index (χ3n) is 4.03. The zero-order valence-corrected chi connectivity index (χ0v) is 12.2. The van der Waals surface area contributed by atoms with Gasteiger partial charge >= 0.3 is 5.97 Å². The second-order valence-corrected chi connectivity index (χ2v) is 6.20. The molecule has 1 amide bonds. The van der Waals surface area contributed by atoms with E-state index in [1.807, 2.05) is 39.0 Å². The van der Waals surface area contributed by atoms with Gasteiger partial charge in [0.2, 0.25) is 0 Å². The number of hydrogen-bond acceptors (Lipinski definition) is 2. The van der Waals surface area contributed by atoms with Crippen LogP contribution >= 0.6 is 0 Å². The van der Waals surface area contributed by atoms with Gasteiger partial charge < -0.3 is 10.0 Å². The van der Waals surface area contributed by atoms with Crippen LogP contribution in [-0.2, 0) is 4.79 Å². The number of piperidine rings is 1. The molecule has 0 saturated carbocycles. The summed E-state index contributed by atoms with van der Waals surface area (Å²) in [5.74, 6) is -1.11. The molecule has 1 heterocycles. The van der Waals surface area contributed by atoms with Crippen molar-refractivity contribution in [2.24, 2.45) is 5.41 Å². The van der Waals surface area contributed by atoms with Crippen molar-refractivity contribution in [1.29, 1.82) is 0 Å². The molecule has 20 heavy (non-hydrogen) atoms. The Labute approximate surface area is 119 Å². The monoisotopic (exact) mass is 275 g/mol. The van der Waals surface area contributed by atoms with Gasteiger partial charge in [0, 0.05) is 12.1 Å². The van der Waals surface area contributed by atoms with Gasteiger partial charge in [-0.1, -0.05) is 31.5 Å². The summed E-state index contributed by atoms with van der Waals surface area (Å²) in [4.78, 5) is 25.7. The van der Waals surface area contributed by atoms with Crippen molar-refractivity contribution < 1.29 is 14.7 Å². The maximum absolute atomic E-state index is 12.6. The van der Waals surface area contributed by atoms with Gasteiger partial charge in [0.1, 0.15) is 6.04 Å². The minimum absolute atomic E-state index is 0.186. The van der Waals surface area contributed by atoms with Gasteiger partial charge in [-0.3, -0.25) is 4.79 Å². The van der Waals surface area contributed by atoms with E-state index in [0.717, 1.165) is 18.4 Å². The lowest BCUT2D eigenvalue weighted by Gasteiger charge is -2.44. The van der Waals surface area contributed by atoms with E-state index >= 15 is 0 Å². The molecule has 1 unspecified atom stereocenters. The van der Waals surface area contributed by atoms with E-state index in [4.69, 9.17) is 0 Å². The fourth-order valence-corrected chi connectivity index (χ4v) is 3.02. The molecule has 1 aromatic carbocycles. The van der Waals surface area contributed by atoms with E-state index in [1.54, 1.807) is 6.07 Å².